The number of aromatic nitrogens is 2. The maximum Gasteiger partial charge on any atom is 0.439 e. The topological polar surface area (TPSA) is 118 Å². The van der Waals surface area contributed by atoms with Gasteiger partial charge in [0, 0.05) is 24.3 Å². The number of nitrogens with one attached hydrogen (secondary N) is 2. The molecule has 2 aromatic carbocycles. The second-order valence-electron chi connectivity index (χ2n) is 7.60. The number of nitrogens with zero attached hydrogens (tertiary/aromatic N) is 2. The summed E-state index contributed by atoms with van der Waals surface area (Å²) in [5.41, 5.74) is 1.20. The third kappa shape index (κ3) is 5.42. The third-order valence-corrected chi connectivity index (χ3v) is 5.32. The summed E-state index contributed by atoms with van der Waals surface area (Å²) in [5.74, 6) is -0.0792. The number of para-hydroxylation sites is 1. The zero-order valence-electron chi connectivity index (χ0n) is 17.5. The van der Waals surface area contributed by atoms with Gasteiger partial charge in [-0.05, 0) is 37.1 Å². The molecule has 1 aliphatic heterocycles. The van der Waals surface area contributed by atoms with Crippen molar-refractivity contribution in [3.05, 3.63) is 65.1 Å². The number of carbonyl (C=O) groups excluding carboxylic acids is 2. The first kappa shape index (κ1) is 21.4. The molecule has 9 heteroatoms. The summed E-state index contributed by atoms with van der Waals surface area (Å²) >= 11 is 0. The molecule has 1 aliphatic rings. The van der Waals surface area contributed by atoms with E-state index in [1.165, 1.54) is 0 Å². The first-order valence-electron chi connectivity index (χ1n) is 10.5. The number of piperidine rings is 1. The van der Waals surface area contributed by atoms with E-state index in [0.717, 1.165) is 12.2 Å². The van der Waals surface area contributed by atoms with Crippen LogP contribution in [-0.4, -0.2) is 46.6 Å². The summed E-state index contributed by atoms with van der Waals surface area (Å²) in [6.07, 6.45) is 1.75. The molecule has 0 saturated carbocycles. The highest BCUT2D eigenvalue weighted by Gasteiger charge is 2.28. The van der Waals surface area contributed by atoms with E-state index in [-0.39, 0.29) is 24.2 Å². The molecule has 32 heavy (non-hydrogen) atoms. The van der Waals surface area contributed by atoms with Crippen LogP contribution in [0.2, 0.25) is 0 Å². The maximum atomic E-state index is 12.8. The van der Waals surface area contributed by atoms with Gasteiger partial charge in [0.15, 0.2) is 5.82 Å². The van der Waals surface area contributed by atoms with Crippen LogP contribution in [0.5, 0.6) is 5.75 Å². The Labute approximate surface area is 184 Å². The van der Waals surface area contributed by atoms with E-state index in [4.69, 9.17) is 4.74 Å². The molecule has 1 fully saturated rings. The van der Waals surface area contributed by atoms with Gasteiger partial charge in [-0.25, -0.2) is 4.79 Å². The van der Waals surface area contributed by atoms with Gasteiger partial charge >= 0.3 is 5.76 Å². The molecule has 4 rings (SSSR count). The predicted molar refractivity (Wildman–Crippen MR) is 117 cm³/mol. The number of hydrogen-bond acceptors (Lipinski definition) is 6. The lowest BCUT2D eigenvalue weighted by Gasteiger charge is -2.32. The minimum absolute atomic E-state index is 0.0181. The molecule has 0 bridgehead atoms. The fraction of sp³-hybridized carbons (Fsp3) is 0.304. The average molecular weight is 436 g/mol. The van der Waals surface area contributed by atoms with Crippen molar-refractivity contribution < 1.29 is 18.8 Å². The van der Waals surface area contributed by atoms with Gasteiger partial charge < -0.3 is 15.0 Å². The Hall–Kier alpha value is -3.88. The van der Waals surface area contributed by atoms with Crippen LogP contribution in [0.25, 0.3) is 11.4 Å². The van der Waals surface area contributed by atoms with Gasteiger partial charge in [-0.2, -0.15) is 0 Å². The monoisotopic (exact) mass is 436 g/mol. The predicted octanol–water partition coefficient (Wildman–Crippen LogP) is 2.68. The zero-order chi connectivity index (χ0) is 22.3. The van der Waals surface area contributed by atoms with Crippen molar-refractivity contribution in [2.75, 3.05) is 25.0 Å². The fourth-order valence-corrected chi connectivity index (χ4v) is 3.69. The van der Waals surface area contributed by atoms with Crippen LogP contribution in [0.3, 0.4) is 0 Å². The lowest BCUT2D eigenvalue weighted by Crippen LogP contribution is -2.44. The molecule has 1 unspecified atom stereocenters. The van der Waals surface area contributed by atoms with Crippen LogP contribution >= 0.6 is 0 Å². The fourth-order valence-electron chi connectivity index (χ4n) is 3.69. The van der Waals surface area contributed by atoms with Crippen LogP contribution in [-0.2, 0) is 9.59 Å². The number of aromatic amines is 1. The summed E-state index contributed by atoms with van der Waals surface area (Å²) in [4.78, 5) is 40.8. The minimum Gasteiger partial charge on any atom is -0.493 e. The van der Waals surface area contributed by atoms with Gasteiger partial charge in [0.25, 0.3) is 0 Å². The van der Waals surface area contributed by atoms with Gasteiger partial charge in [-0.1, -0.05) is 35.5 Å². The number of H-pyrrole nitrogens is 1. The second-order valence-corrected chi connectivity index (χ2v) is 7.60. The SMILES string of the molecule is O=C(Nc1cccc(-c2noc(=O)[nH]2)c1)C1CCCN(C(=O)CCOc2ccccc2)C1. The van der Waals surface area contributed by atoms with E-state index in [0.29, 0.717) is 43.2 Å². The highest BCUT2D eigenvalue weighted by molar-refractivity contribution is 5.93. The van der Waals surface area contributed by atoms with E-state index in [2.05, 4.69) is 20.0 Å². The average Bonchev–Trinajstić information content (AvgIpc) is 3.26. The maximum absolute atomic E-state index is 12.8. The summed E-state index contributed by atoms with van der Waals surface area (Å²) in [7, 11) is 0. The molecule has 166 valence electrons. The first-order valence-corrected chi connectivity index (χ1v) is 10.5. The quantitative estimate of drug-likeness (QED) is 0.588. The molecule has 3 aromatic rings. The van der Waals surface area contributed by atoms with E-state index in [1.54, 1.807) is 29.2 Å². The standard InChI is InChI=1S/C23H24N4O5/c28-20(11-13-31-19-9-2-1-3-10-19)27-12-5-7-17(15-27)22(29)24-18-8-4-6-16(14-18)21-25-23(30)32-26-21/h1-4,6,8-10,14,17H,5,7,11-13,15H2,(H,24,29)(H,25,26,30). The van der Waals surface area contributed by atoms with Crippen molar-refractivity contribution in [1.29, 1.82) is 0 Å². The van der Waals surface area contributed by atoms with Gasteiger partial charge in [-0.15, -0.1) is 0 Å². The first-order chi connectivity index (χ1) is 15.6. The van der Waals surface area contributed by atoms with Gasteiger partial charge in [-0.3, -0.25) is 19.1 Å². The number of anilines is 1. The van der Waals surface area contributed by atoms with Crippen molar-refractivity contribution in [2.45, 2.75) is 19.3 Å². The Bertz CT molecular complexity index is 1120. The minimum atomic E-state index is -0.643. The molecule has 2 heterocycles. The lowest BCUT2D eigenvalue weighted by atomic mass is 9.96. The van der Waals surface area contributed by atoms with E-state index >= 15 is 0 Å². The number of carbonyl (C=O) groups is 2. The smallest absolute Gasteiger partial charge is 0.439 e. The molecule has 1 atom stereocenters. The molecule has 0 spiro atoms. The number of amides is 2. The molecule has 1 aromatic heterocycles. The van der Waals surface area contributed by atoms with E-state index in [9.17, 15) is 14.4 Å². The zero-order valence-corrected chi connectivity index (χ0v) is 17.5. The summed E-state index contributed by atoms with van der Waals surface area (Å²) < 4.78 is 10.1. The molecule has 2 amide bonds. The van der Waals surface area contributed by atoms with Crippen molar-refractivity contribution >= 4 is 17.5 Å². The van der Waals surface area contributed by atoms with E-state index in [1.807, 2.05) is 30.3 Å². The number of rotatable bonds is 7. The Kier molecular flexibility index (Phi) is 6.64. The van der Waals surface area contributed by atoms with Gasteiger partial charge in [0.2, 0.25) is 11.8 Å². The molecular weight excluding hydrogens is 412 g/mol. The van der Waals surface area contributed by atoms with Crippen LogP contribution in [0.15, 0.2) is 63.9 Å². The van der Waals surface area contributed by atoms with E-state index < -0.39 is 5.76 Å². The summed E-state index contributed by atoms with van der Waals surface area (Å²) in [6, 6.07) is 16.3. The molecule has 1 saturated heterocycles. The summed E-state index contributed by atoms with van der Waals surface area (Å²) in [6.45, 7) is 1.32. The normalized spacial score (nSPS) is 15.9. The molecule has 0 radical (unpaired) electrons. The second kappa shape index (κ2) is 9.95. The van der Waals surface area contributed by atoms with Crippen LogP contribution in [0.1, 0.15) is 19.3 Å². The summed E-state index contributed by atoms with van der Waals surface area (Å²) in [5, 5.41) is 6.56. The Balaban J connectivity index is 1.30. The Morgan fingerprint density at radius 2 is 2.03 bits per heavy atom. The number of hydrogen-bond donors (Lipinski definition) is 2. The van der Waals surface area contributed by atoms with Crippen molar-refractivity contribution in [3.8, 4) is 17.1 Å². The van der Waals surface area contributed by atoms with Crippen molar-refractivity contribution in [2.24, 2.45) is 5.92 Å². The number of ether oxygens (including phenoxy) is 1. The van der Waals surface area contributed by atoms with Gasteiger partial charge in [0.05, 0.1) is 18.9 Å². The highest BCUT2D eigenvalue weighted by Crippen LogP contribution is 2.22. The van der Waals surface area contributed by atoms with Crippen molar-refractivity contribution in [1.82, 2.24) is 15.0 Å². The molecular formula is C23H24N4O5. The number of likely N-dealkylation sites (tertiary alicyclic amines) is 1. The van der Waals surface area contributed by atoms with Crippen molar-refractivity contribution in [3.63, 3.8) is 0 Å². The Morgan fingerprint density at radius 3 is 2.81 bits per heavy atom. The largest absolute Gasteiger partial charge is 0.493 e. The number of benzene rings is 2. The van der Waals surface area contributed by atoms with Crippen LogP contribution < -0.4 is 15.8 Å². The molecule has 2 N–H and O–H groups in total. The highest BCUT2D eigenvalue weighted by atomic mass is 16.5. The molecule has 0 aliphatic carbocycles. The third-order valence-electron chi connectivity index (χ3n) is 5.32. The lowest BCUT2D eigenvalue weighted by molar-refractivity contribution is -0.135. The Morgan fingerprint density at radius 1 is 1.19 bits per heavy atom. The van der Waals surface area contributed by atoms with Gasteiger partial charge in [0.1, 0.15) is 5.75 Å². The molecule has 9 nitrogen and oxygen atoms in total. The van der Waals surface area contributed by atoms with Crippen LogP contribution in [0, 0.1) is 5.92 Å². The van der Waals surface area contributed by atoms with Crippen LogP contribution in [0.4, 0.5) is 5.69 Å².